The molecule has 0 spiro atoms. The summed E-state index contributed by atoms with van der Waals surface area (Å²) in [4.78, 5) is 1.35. The van der Waals surface area contributed by atoms with E-state index in [9.17, 15) is 0 Å². The molecule has 1 nitrogen and oxygen atoms in total. The standard InChI is InChI=1S/C12H11BrClNS/c1-8-5-6-16-11(8)7-15-10-4-2-3-9(14)12(10)13/h2-6,15H,7H2,1H3. The van der Waals surface area contributed by atoms with Crippen LogP contribution in [-0.4, -0.2) is 0 Å². The van der Waals surface area contributed by atoms with Gasteiger partial charge in [-0.05, 0) is 52.0 Å². The lowest BCUT2D eigenvalue weighted by Crippen LogP contribution is -1.99. The molecule has 0 fully saturated rings. The number of hydrogen-bond acceptors (Lipinski definition) is 2. The summed E-state index contributed by atoms with van der Waals surface area (Å²) in [6, 6.07) is 7.96. The fraction of sp³-hybridized carbons (Fsp3) is 0.167. The molecule has 0 atom stereocenters. The molecule has 16 heavy (non-hydrogen) atoms. The summed E-state index contributed by atoms with van der Waals surface area (Å²) in [6.45, 7) is 2.96. The lowest BCUT2D eigenvalue weighted by Gasteiger charge is -2.09. The Morgan fingerprint density at radius 1 is 1.38 bits per heavy atom. The van der Waals surface area contributed by atoms with Gasteiger partial charge < -0.3 is 5.32 Å². The molecule has 0 bridgehead atoms. The van der Waals surface area contributed by atoms with Crippen LogP contribution >= 0.6 is 38.9 Å². The van der Waals surface area contributed by atoms with Crippen molar-refractivity contribution in [1.82, 2.24) is 0 Å². The van der Waals surface area contributed by atoms with Crippen LogP contribution in [0.3, 0.4) is 0 Å². The van der Waals surface area contributed by atoms with Crippen molar-refractivity contribution in [1.29, 1.82) is 0 Å². The Kier molecular flexibility index (Phi) is 3.90. The monoisotopic (exact) mass is 315 g/mol. The van der Waals surface area contributed by atoms with E-state index in [0.717, 1.165) is 21.7 Å². The Morgan fingerprint density at radius 2 is 2.19 bits per heavy atom. The summed E-state index contributed by atoms with van der Waals surface area (Å²) in [6.07, 6.45) is 0. The highest BCUT2D eigenvalue weighted by Gasteiger charge is 2.04. The number of rotatable bonds is 3. The van der Waals surface area contributed by atoms with Gasteiger partial charge in [-0.2, -0.15) is 0 Å². The highest BCUT2D eigenvalue weighted by molar-refractivity contribution is 9.10. The largest absolute Gasteiger partial charge is 0.379 e. The van der Waals surface area contributed by atoms with Crippen molar-refractivity contribution < 1.29 is 0 Å². The van der Waals surface area contributed by atoms with Crippen LogP contribution < -0.4 is 5.32 Å². The van der Waals surface area contributed by atoms with Gasteiger partial charge in [0.25, 0.3) is 0 Å². The second-order valence-corrected chi connectivity index (χ2v) is 5.68. The molecule has 0 saturated heterocycles. The number of aryl methyl sites for hydroxylation is 1. The smallest absolute Gasteiger partial charge is 0.0593 e. The van der Waals surface area contributed by atoms with Gasteiger partial charge in [0.1, 0.15) is 0 Å². The van der Waals surface area contributed by atoms with Crippen molar-refractivity contribution in [2.75, 3.05) is 5.32 Å². The zero-order valence-electron chi connectivity index (χ0n) is 8.76. The molecular weight excluding hydrogens is 306 g/mol. The number of thiophene rings is 1. The first kappa shape index (κ1) is 12.0. The average molecular weight is 317 g/mol. The maximum Gasteiger partial charge on any atom is 0.0593 e. The van der Waals surface area contributed by atoms with Crippen LogP contribution in [0.1, 0.15) is 10.4 Å². The third-order valence-corrected chi connectivity index (χ3v) is 4.78. The molecule has 1 N–H and O–H groups in total. The van der Waals surface area contributed by atoms with Gasteiger partial charge in [0.15, 0.2) is 0 Å². The molecule has 84 valence electrons. The van der Waals surface area contributed by atoms with E-state index in [2.05, 4.69) is 39.6 Å². The Bertz CT molecular complexity index is 496. The Hall–Kier alpha value is -0.510. The van der Waals surface area contributed by atoms with E-state index >= 15 is 0 Å². The molecule has 0 saturated carbocycles. The van der Waals surface area contributed by atoms with Gasteiger partial charge in [0, 0.05) is 11.4 Å². The summed E-state index contributed by atoms with van der Waals surface area (Å²) in [5, 5.41) is 6.22. The van der Waals surface area contributed by atoms with Crippen molar-refractivity contribution in [3.05, 3.63) is 49.6 Å². The Balaban J connectivity index is 2.11. The SMILES string of the molecule is Cc1ccsc1CNc1cccc(Cl)c1Br. The summed E-state index contributed by atoms with van der Waals surface area (Å²) >= 11 is 11.3. The molecule has 0 aliphatic rings. The van der Waals surface area contributed by atoms with Crippen molar-refractivity contribution in [2.45, 2.75) is 13.5 Å². The van der Waals surface area contributed by atoms with Gasteiger partial charge in [0.2, 0.25) is 0 Å². The molecule has 4 heteroatoms. The van der Waals surface area contributed by atoms with Crippen molar-refractivity contribution in [3.8, 4) is 0 Å². The summed E-state index contributed by atoms with van der Waals surface area (Å²) in [5.41, 5.74) is 2.36. The van der Waals surface area contributed by atoms with E-state index in [-0.39, 0.29) is 0 Å². The van der Waals surface area contributed by atoms with E-state index in [1.807, 2.05) is 18.2 Å². The van der Waals surface area contributed by atoms with Crippen molar-refractivity contribution in [2.24, 2.45) is 0 Å². The van der Waals surface area contributed by atoms with E-state index in [4.69, 9.17) is 11.6 Å². The molecule has 0 aliphatic carbocycles. The normalized spacial score (nSPS) is 10.4. The third-order valence-electron chi connectivity index (χ3n) is 2.36. The van der Waals surface area contributed by atoms with E-state index in [0.29, 0.717) is 0 Å². The summed E-state index contributed by atoms with van der Waals surface area (Å²) in [5.74, 6) is 0. The molecule has 0 amide bonds. The van der Waals surface area contributed by atoms with Crippen LogP contribution in [0, 0.1) is 6.92 Å². The zero-order valence-corrected chi connectivity index (χ0v) is 11.9. The van der Waals surface area contributed by atoms with Crippen LogP contribution in [0.25, 0.3) is 0 Å². The number of anilines is 1. The van der Waals surface area contributed by atoms with Crippen LogP contribution in [0.2, 0.25) is 5.02 Å². The first-order valence-corrected chi connectivity index (χ1v) is 6.94. The molecule has 0 aliphatic heterocycles. The molecular formula is C12H11BrClNS. The average Bonchev–Trinajstić information content (AvgIpc) is 2.67. The van der Waals surface area contributed by atoms with Gasteiger partial charge in [-0.15, -0.1) is 11.3 Å². The molecule has 2 rings (SSSR count). The highest BCUT2D eigenvalue weighted by atomic mass is 79.9. The first-order valence-electron chi connectivity index (χ1n) is 4.89. The fourth-order valence-electron chi connectivity index (χ4n) is 1.40. The number of hydrogen-bond donors (Lipinski definition) is 1. The summed E-state index contributed by atoms with van der Waals surface area (Å²) < 4.78 is 0.922. The summed E-state index contributed by atoms with van der Waals surface area (Å²) in [7, 11) is 0. The van der Waals surface area contributed by atoms with Crippen molar-refractivity contribution in [3.63, 3.8) is 0 Å². The molecule has 0 unspecified atom stereocenters. The molecule has 1 aromatic heterocycles. The predicted molar refractivity (Wildman–Crippen MR) is 75.5 cm³/mol. The maximum absolute atomic E-state index is 6.02. The predicted octanol–water partition coefficient (Wildman–Crippen LogP) is 5.08. The van der Waals surface area contributed by atoms with Crippen molar-refractivity contribution >= 4 is 44.6 Å². The lowest BCUT2D eigenvalue weighted by atomic mass is 10.2. The zero-order chi connectivity index (χ0) is 11.5. The van der Waals surface area contributed by atoms with Gasteiger partial charge in [-0.25, -0.2) is 0 Å². The van der Waals surface area contributed by atoms with Gasteiger partial charge in [-0.1, -0.05) is 17.7 Å². The number of nitrogens with one attached hydrogen (secondary N) is 1. The van der Waals surface area contributed by atoms with Crippen LogP contribution in [0.4, 0.5) is 5.69 Å². The Labute approximate surface area is 113 Å². The Morgan fingerprint density at radius 3 is 2.88 bits per heavy atom. The number of halogens is 2. The van der Waals surface area contributed by atoms with Gasteiger partial charge in [-0.3, -0.25) is 0 Å². The minimum Gasteiger partial charge on any atom is -0.379 e. The van der Waals surface area contributed by atoms with E-state index in [1.165, 1.54) is 10.4 Å². The van der Waals surface area contributed by atoms with Crippen LogP contribution in [0.5, 0.6) is 0 Å². The minimum atomic E-state index is 0.730. The molecule has 1 heterocycles. The minimum absolute atomic E-state index is 0.730. The quantitative estimate of drug-likeness (QED) is 0.832. The van der Waals surface area contributed by atoms with Crippen LogP contribution in [0.15, 0.2) is 34.1 Å². The lowest BCUT2D eigenvalue weighted by molar-refractivity contribution is 1.16. The second-order valence-electron chi connectivity index (χ2n) is 3.48. The number of benzene rings is 1. The molecule has 0 radical (unpaired) electrons. The molecule has 1 aromatic carbocycles. The topological polar surface area (TPSA) is 12.0 Å². The van der Waals surface area contributed by atoms with Gasteiger partial charge >= 0.3 is 0 Å². The fourth-order valence-corrected chi connectivity index (χ4v) is 2.83. The molecule has 2 aromatic rings. The van der Waals surface area contributed by atoms with E-state index < -0.39 is 0 Å². The highest BCUT2D eigenvalue weighted by Crippen LogP contribution is 2.30. The maximum atomic E-state index is 6.02. The van der Waals surface area contributed by atoms with E-state index in [1.54, 1.807) is 11.3 Å². The van der Waals surface area contributed by atoms with Crippen LogP contribution in [-0.2, 0) is 6.54 Å². The van der Waals surface area contributed by atoms with Gasteiger partial charge in [0.05, 0.1) is 15.2 Å². The second kappa shape index (κ2) is 5.21. The third kappa shape index (κ3) is 2.59. The first-order chi connectivity index (χ1) is 7.68.